The van der Waals surface area contributed by atoms with E-state index in [2.05, 4.69) is 10.2 Å². The topological polar surface area (TPSA) is 55.8 Å². The SMILES string of the molecule is CC1(O)CCCN(C(=O)C2CCCN2C2CCNCC2)C1. The second-order valence-corrected chi connectivity index (χ2v) is 7.24. The first kappa shape index (κ1) is 15.3. The molecule has 0 bridgehead atoms. The van der Waals surface area contributed by atoms with Crippen molar-refractivity contribution in [3.05, 3.63) is 0 Å². The molecule has 21 heavy (non-hydrogen) atoms. The van der Waals surface area contributed by atoms with Gasteiger partial charge >= 0.3 is 0 Å². The summed E-state index contributed by atoms with van der Waals surface area (Å²) < 4.78 is 0. The Balaban J connectivity index is 1.65. The molecule has 3 fully saturated rings. The lowest BCUT2D eigenvalue weighted by atomic mass is 9.94. The number of amides is 1. The molecule has 0 spiro atoms. The molecule has 3 saturated heterocycles. The third-order valence-electron chi connectivity index (χ3n) is 5.34. The molecule has 0 saturated carbocycles. The summed E-state index contributed by atoms with van der Waals surface area (Å²) in [6.45, 7) is 6.37. The molecule has 3 aliphatic rings. The molecule has 3 heterocycles. The fourth-order valence-electron chi connectivity index (χ4n) is 4.25. The number of carbonyl (C=O) groups is 1. The summed E-state index contributed by atoms with van der Waals surface area (Å²) in [7, 11) is 0. The molecule has 1 amide bonds. The smallest absolute Gasteiger partial charge is 0.240 e. The lowest BCUT2D eigenvalue weighted by Gasteiger charge is -2.41. The van der Waals surface area contributed by atoms with Crippen LogP contribution >= 0.6 is 0 Å². The van der Waals surface area contributed by atoms with Gasteiger partial charge in [-0.1, -0.05) is 0 Å². The van der Waals surface area contributed by atoms with Gasteiger partial charge < -0.3 is 15.3 Å². The van der Waals surface area contributed by atoms with Gasteiger partial charge in [0.25, 0.3) is 0 Å². The second-order valence-electron chi connectivity index (χ2n) is 7.24. The normalized spacial score (nSPS) is 36.1. The molecule has 5 heteroatoms. The molecule has 3 aliphatic heterocycles. The Morgan fingerprint density at radius 1 is 1.19 bits per heavy atom. The molecular formula is C16H29N3O2. The van der Waals surface area contributed by atoms with Crippen LogP contribution in [0.25, 0.3) is 0 Å². The van der Waals surface area contributed by atoms with Crippen LogP contribution in [0.15, 0.2) is 0 Å². The van der Waals surface area contributed by atoms with Crippen LogP contribution in [-0.2, 0) is 4.79 Å². The van der Waals surface area contributed by atoms with Gasteiger partial charge in [-0.3, -0.25) is 9.69 Å². The van der Waals surface area contributed by atoms with Gasteiger partial charge in [-0.2, -0.15) is 0 Å². The summed E-state index contributed by atoms with van der Waals surface area (Å²) in [6, 6.07) is 0.620. The molecule has 5 nitrogen and oxygen atoms in total. The van der Waals surface area contributed by atoms with Gasteiger partial charge in [0, 0.05) is 19.1 Å². The Morgan fingerprint density at radius 3 is 2.67 bits per heavy atom. The molecule has 0 aliphatic carbocycles. The highest BCUT2D eigenvalue weighted by molar-refractivity contribution is 5.82. The Morgan fingerprint density at radius 2 is 1.95 bits per heavy atom. The lowest BCUT2D eigenvalue weighted by Crippen LogP contribution is -2.56. The number of nitrogens with zero attached hydrogens (tertiary/aromatic N) is 2. The quantitative estimate of drug-likeness (QED) is 0.782. The van der Waals surface area contributed by atoms with Crippen molar-refractivity contribution in [2.45, 2.75) is 63.1 Å². The summed E-state index contributed by atoms with van der Waals surface area (Å²) in [5.74, 6) is 0.256. The van der Waals surface area contributed by atoms with Crippen molar-refractivity contribution in [3.8, 4) is 0 Å². The minimum atomic E-state index is -0.702. The predicted molar refractivity (Wildman–Crippen MR) is 82.1 cm³/mol. The number of aliphatic hydroxyl groups is 1. The average Bonchev–Trinajstić information content (AvgIpc) is 2.95. The van der Waals surface area contributed by atoms with Crippen molar-refractivity contribution in [2.24, 2.45) is 0 Å². The number of piperidine rings is 2. The largest absolute Gasteiger partial charge is 0.388 e. The zero-order chi connectivity index (χ0) is 14.9. The van der Waals surface area contributed by atoms with E-state index >= 15 is 0 Å². The number of likely N-dealkylation sites (tertiary alicyclic amines) is 2. The van der Waals surface area contributed by atoms with Crippen molar-refractivity contribution in [1.82, 2.24) is 15.1 Å². The predicted octanol–water partition coefficient (Wildman–Crippen LogP) is 0.576. The van der Waals surface area contributed by atoms with Crippen molar-refractivity contribution in [2.75, 3.05) is 32.7 Å². The Kier molecular flexibility index (Phi) is 4.52. The van der Waals surface area contributed by atoms with Crippen LogP contribution in [0, 0.1) is 0 Å². The highest BCUT2D eigenvalue weighted by atomic mass is 16.3. The minimum Gasteiger partial charge on any atom is -0.388 e. The molecule has 3 rings (SSSR count). The Bertz CT molecular complexity index is 380. The molecule has 120 valence electrons. The van der Waals surface area contributed by atoms with E-state index in [0.29, 0.717) is 12.6 Å². The van der Waals surface area contributed by atoms with Crippen LogP contribution in [0.3, 0.4) is 0 Å². The molecule has 0 aromatic rings. The Labute approximate surface area is 127 Å². The van der Waals surface area contributed by atoms with Gasteiger partial charge in [0.15, 0.2) is 0 Å². The van der Waals surface area contributed by atoms with Gasteiger partial charge in [0.05, 0.1) is 11.6 Å². The number of hydrogen-bond donors (Lipinski definition) is 2. The highest BCUT2D eigenvalue weighted by Gasteiger charge is 2.40. The fourth-order valence-corrected chi connectivity index (χ4v) is 4.25. The maximum atomic E-state index is 12.9. The first-order chi connectivity index (χ1) is 10.1. The van der Waals surface area contributed by atoms with Crippen LogP contribution < -0.4 is 5.32 Å². The van der Waals surface area contributed by atoms with Crippen LogP contribution in [0.4, 0.5) is 0 Å². The van der Waals surface area contributed by atoms with E-state index in [1.165, 1.54) is 0 Å². The van der Waals surface area contributed by atoms with Crippen molar-refractivity contribution < 1.29 is 9.90 Å². The van der Waals surface area contributed by atoms with Crippen LogP contribution in [0.5, 0.6) is 0 Å². The molecule has 2 N–H and O–H groups in total. The minimum absolute atomic E-state index is 0.0574. The number of β-amino-alcohol motifs (C(OH)–C–C–N with tert-alkyl or cyclic N) is 1. The average molecular weight is 295 g/mol. The summed E-state index contributed by atoms with van der Waals surface area (Å²) >= 11 is 0. The second kappa shape index (κ2) is 6.23. The van der Waals surface area contributed by atoms with E-state index in [9.17, 15) is 9.90 Å². The van der Waals surface area contributed by atoms with E-state index in [0.717, 1.165) is 64.7 Å². The monoisotopic (exact) mass is 295 g/mol. The third-order valence-corrected chi connectivity index (χ3v) is 5.34. The molecular weight excluding hydrogens is 266 g/mol. The van der Waals surface area contributed by atoms with Gasteiger partial charge in [-0.25, -0.2) is 0 Å². The first-order valence-electron chi connectivity index (χ1n) is 8.54. The molecule has 0 radical (unpaired) electrons. The summed E-state index contributed by atoms with van der Waals surface area (Å²) in [4.78, 5) is 17.3. The van der Waals surface area contributed by atoms with Crippen molar-refractivity contribution in [3.63, 3.8) is 0 Å². The van der Waals surface area contributed by atoms with Gasteiger partial charge in [0.2, 0.25) is 5.91 Å². The number of carbonyl (C=O) groups excluding carboxylic acids is 1. The number of hydrogen-bond acceptors (Lipinski definition) is 4. The summed E-state index contributed by atoms with van der Waals surface area (Å²) in [5, 5.41) is 13.6. The third kappa shape index (κ3) is 3.41. The standard InChI is InChI=1S/C16H29N3O2/c1-16(21)7-3-10-18(12-16)15(20)14-4-2-11-19(14)13-5-8-17-9-6-13/h13-14,17,21H,2-12H2,1H3. The van der Waals surface area contributed by atoms with E-state index in [-0.39, 0.29) is 11.9 Å². The number of nitrogens with one attached hydrogen (secondary N) is 1. The zero-order valence-corrected chi connectivity index (χ0v) is 13.2. The summed E-state index contributed by atoms with van der Waals surface area (Å²) in [5.41, 5.74) is -0.702. The molecule has 0 aromatic carbocycles. The maximum Gasteiger partial charge on any atom is 0.240 e. The Hall–Kier alpha value is -0.650. The van der Waals surface area contributed by atoms with E-state index in [1.54, 1.807) is 0 Å². The van der Waals surface area contributed by atoms with E-state index in [4.69, 9.17) is 0 Å². The van der Waals surface area contributed by atoms with Gasteiger partial charge in [0.1, 0.15) is 0 Å². The van der Waals surface area contributed by atoms with Gasteiger partial charge in [-0.05, 0) is 65.1 Å². The fraction of sp³-hybridized carbons (Fsp3) is 0.938. The lowest BCUT2D eigenvalue weighted by molar-refractivity contribution is -0.143. The van der Waals surface area contributed by atoms with E-state index < -0.39 is 5.60 Å². The molecule has 0 aromatic heterocycles. The maximum absolute atomic E-state index is 12.9. The molecule has 2 atom stereocenters. The van der Waals surface area contributed by atoms with Gasteiger partial charge in [-0.15, -0.1) is 0 Å². The van der Waals surface area contributed by atoms with Crippen LogP contribution in [0.1, 0.15) is 45.4 Å². The number of rotatable bonds is 2. The highest BCUT2D eigenvalue weighted by Crippen LogP contribution is 2.28. The van der Waals surface area contributed by atoms with Crippen molar-refractivity contribution in [1.29, 1.82) is 0 Å². The zero-order valence-electron chi connectivity index (χ0n) is 13.2. The van der Waals surface area contributed by atoms with Crippen LogP contribution in [-0.4, -0.2) is 71.2 Å². The first-order valence-corrected chi connectivity index (χ1v) is 8.54. The summed E-state index contributed by atoms with van der Waals surface area (Å²) in [6.07, 6.45) is 6.15. The van der Waals surface area contributed by atoms with Crippen LogP contribution in [0.2, 0.25) is 0 Å². The van der Waals surface area contributed by atoms with Crippen molar-refractivity contribution >= 4 is 5.91 Å². The molecule has 2 unspecified atom stereocenters. The van der Waals surface area contributed by atoms with E-state index in [1.807, 2.05) is 11.8 Å².